The number of hydrogen-bond acceptors (Lipinski definition) is 5. The Morgan fingerprint density at radius 3 is 2.37 bits per heavy atom. The van der Waals surface area contributed by atoms with Crippen LogP contribution in [0.25, 0.3) is 0 Å². The Labute approximate surface area is 214 Å². The molecule has 8 heteroatoms. The zero-order chi connectivity index (χ0) is 24.8. The molecule has 3 aromatic carbocycles. The molecule has 1 aliphatic rings. The zero-order valence-electron chi connectivity index (χ0n) is 19.7. The minimum atomic E-state index is -0.342. The molecule has 1 N–H and O–H groups in total. The standard InChI is InChI=1S/C27H29BrN4O3/c1-20(7-8-21-5-3-2-4-6-21)29-25-19-24(13-14-26(25)32(34)35)30-15-17-31(18-16-30)27(33)22-9-11-23(28)12-10-22/h2-6,9-14,19-20,29H,7-8,15-18H2,1H3/t20-/m1/s1. The number of nitrogens with one attached hydrogen (secondary N) is 1. The van der Waals surface area contributed by atoms with Gasteiger partial charge >= 0.3 is 0 Å². The topological polar surface area (TPSA) is 78.7 Å². The molecule has 0 spiro atoms. The van der Waals surface area contributed by atoms with E-state index in [4.69, 9.17) is 0 Å². The van der Waals surface area contributed by atoms with Crippen molar-refractivity contribution in [3.8, 4) is 0 Å². The van der Waals surface area contributed by atoms with Crippen molar-refractivity contribution in [2.45, 2.75) is 25.8 Å². The maximum atomic E-state index is 12.8. The lowest BCUT2D eigenvalue weighted by molar-refractivity contribution is -0.384. The SMILES string of the molecule is C[C@H](CCc1ccccc1)Nc1cc(N2CCN(C(=O)c3ccc(Br)cc3)CC2)ccc1[N+](=O)[O-]. The largest absolute Gasteiger partial charge is 0.377 e. The van der Waals surface area contributed by atoms with E-state index < -0.39 is 0 Å². The molecule has 1 saturated heterocycles. The van der Waals surface area contributed by atoms with Crippen LogP contribution in [0.3, 0.4) is 0 Å². The van der Waals surface area contributed by atoms with Gasteiger partial charge in [-0.2, -0.15) is 0 Å². The van der Waals surface area contributed by atoms with Crippen LogP contribution in [0, 0.1) is 10.1 Å². The van der Waals surface area contributed by atoms with Crippen molar-refractivity contribution in [3.05, 3.63) is 98.5 Å². The molecule has 0 aliphatic carbocycles. The first-order chi connectivity index (χ1) is 16.9. The van der Waals surface area contributed by atoms with Crippen LogP contribution < -0.4 is 10.2 Å². The minimum absolute atomic E-state index is 0.0236. The summed E-state index contributed by atoms with van der Waals surface area (Å²) in [5.41, 5.74) is 3.45. The first-order valence-corrected chi connectivity index (χ1v) is 12.6. The number of amides is 1. The van der Waals surface area contributed by atoms with E-state index in [2.05, 4.69) is 38.3 Å². The number of nitro groups is 1. The van der Waals surface area contributed by atoms with Gasteiger partial charge in [-0.15, -0.1) is 0 Å². The van der Waals surface area contributed by atoms with Crippen LogP contribution in [0.1, 0.15) is 29.3 Å². The molecular formula is C27H29BrN4O3. The van der Waals surface area contributed by atoms with Gasteiger partial charge in [-0.1, -0.05) is 46.3 Å². The molecule has 1 amide bonds. The molecule has 1 heterocycles. The van der Waals surface area contributed by atoms with E-state index in [9.17, 15) is 14.9 Å². The third kappa shape index (κ3) is 6.39. The molecule has 35 heavy (non-hydrogen) atoms. The predicted molar refractivity (Wildman–Crippen MR) is 143 cm³/mol. The van der Waals surface area contributed by atoms with E-state index in [-0.39, 0.29) is 22.6 Å². The number of carbonyl (C=O) groups is 1. The molecule has 0 saturated carbocycles. The number of rotatable bonds is 8. The highest BCUT2D eigenvalue weighted by molar-refractivity contribution is 9.10. The number of nitro benzene ring substituents is 1. The lowest BCUT2D eigenvalue weighted by atomic mass is 10.1. The molecular weight excluding hydrogens is 508 g/mol. The fourth-order valence-corrected chi connectivity index (χ4v) is 4.57. The summed E-state index contributed by atoms with van der Waals surface area (Å²) in [6.07, 6.45) is 1.76. The Balaban J connectivity index is 1.40. The molecule has 0 unspecified atom stereocenters. The third-order valence-corrected chi connectivity index (χ3v) is 6.84. The number of hydrogen-bond donors (Lipinski definition) is 1. The average Bonchev–Trinajstić information content (AvgIpc) is 2.88. The summed E-state index contributed by atoms with van der Waals surface area (Å²) in [5.74, 6) is 0.0236. The van der Waals surface area contributed by atoms with Gasteiger partial charge in [0.05, 0.1) is 4.92 Å². The zero-order valence-corrected chi connectivity index (χ0v) is 21.3. The van der Waals surface area contributed by atoms with Gasteiger partial charge in [0.15, 0.2) is 0 Å². The van der Waals surface area contributed by atoms with Gasteiger partial charge in [0, 0.05) is 54.0 Å². The first-order valence-electron chi connectivity index (χ1n) is 11.8. The van der Waals surface area contributed by atoms with Crippen LogP contribution in [0.4, 0.5) is 17.1 Å². The fourth-order valence-electron chi connectivity index (χ4n) is 4.30. The average molecular weight is 537 g/mol. The highest BCUT2D eigenvalue weighted by atomic mass is 79.9. The van der Waals surface area contributed by atoms with Crippen LogP contribution in [0.15, 0.2) is 77.3 Å². The van der Waals surface area contributed by atoms with Crippen molar-refractivity contribution in [3.63, 3.8) is 0 Å². The second kappa shape index (κ2) is 11.4. The highest BCUT2D eigenvalue weighted by Gasteiger charge is 2.24. The van der Waals surface area contributed by atoms with Gasteiger partial charge in [-0.05, 0) is 61.7 Å². The van der Waals surface area contributed by atoms with Crippen molar-refractivity contribution in [1.82, 2.24) is 4.90 Å². The van der Waals surface area contributed by atoms with Gasteiger partial charge in [0.1, 0.15) is 5.69 Å². The van der Waals surface area contributed by atoms with E-state index in [0.29, 0.717) is 37.4 Å². The molecule has 7 nitrogen and oxygen atoms in total. The lowest BCUT2D eigenvalue weighted by Gasteiger charge is -2.36. The quantitative estimate of drug-likeness (QED) is 0.292. The highest BCUT2D eigenvalue weighted by Crippen LogP contribution is 2.31. The summed E-state index contributed by atoms with van der Waals surface area (Å²) in [6.45, 7) is 4.59. The van der Waals surface area contributed by atoms with Crippen molar-refractivity contribution < 1.29 is 9.72 Å². The molecule has 1 atom stereocenters. The van der Waals surface area contributed by atoms with Crippen molar-refractivity contribution >= 4 is 38.9 Å². The smallest absolute Gasteiger partial charge is 0.292 e. The molecule has 0 radical (unpaired) electrons. The second-order valence-corrected chi connectivity index (χ2v) is 9.73. The lowest BCUT2D eigenvalue weighted by Crippen LogP contribution is -2.48. The van der Waals surface area contributed by atoms with Crippen LogP contribution in [-0.2, 0) is 6.42 Å². The number of aryl methyl sites for hydroxylation is 1. The monoisotopic (exact) mass is 536 g/mol. The Bertz CT molecular complexity index is 1160. The Hall–Kier alpha value is -3.39. The number of benzene rings is 3. The summed E-state index contributed by atoms with van der Waals surface area (Å²) in [6, 6.07) is 22.9. The molecule has 0 bridgehead atoms. The first kappa shape index (κ1) is 24.7. The van der Waals surface area contributed by atoms with Crippen LogP contribution in [0.5, 0.6) is 0 Å². The fraction of sp³-hybridized carbons (Fsp3) is 0.296. The summed E-state index contributed by atoms with van der Waals surface area (Å²) in [4.78, 5) is 28.2. The van der Waals surface area contributed by atoms with E-state index in [1.54, 1.807) is 12.1 Å². The van der Waals surface area contributed by atoms with E-state index in [0.717, 1.165) is 23.0 Å². The third-order valence-electron chi connectivity index (χ3n) is 6.31. The van der Waals surface area contributed by atoms with Gasteiger partial charge in [0.25, 0.3) is 11.6 Å². The number of halogens is 1. The Morgan fingerprint density at radius 1 is 1.03 bits per heavy atom. The summed E-state index contributed by atoms with van der Waals surface area (Å²) in [7, 11) is 0. The van der Waals surface area contributed by atoms with Crippen molar-refractivity contribution in [1.29, 1.82) is 0 Å². The van der Waals surface area contributed by atoms with Crippen LogP contribution in [0.2, 0.25) is 0 Å². The van der Waals surface area contributed by atoms with Gasteiger partial charge in [-0.3, -0.25) is 14.9 Å². The summed E-state index contributed by atoms with van der Waals surface area (Å²) >= 11 is 3.40. The number of piperazine rings is 1. The number of anilines is 2. The molecule has 1 aliphatic heterocycles. The van der Waals surface area contributed by atoms with E-state index in [1.807, 2.05) is 60.4 Å². The van der Waals surface area contributed by atoms with Crippen molar-refractivity contribution in [2.24, 2.45) is 0 Å². The Kier molecular flexibility index (Phi) is 8.02. The maximum absolute atomic E-state index is 12.8. The maximum Gasteiger partial charge on any atom is 0.292 e. The van der Waals surface area contributed by atoms with Gasteiger partial charge in [-0.25, -0.2) is 0 Å². The number of nitrogens with zero attached hydrogens (tertiary/aromatic N) is 3. The molecule has 3 aromatic rings. The van der Waals surface area contributed by atoms with Gasteiger partial charge < -0.3 is 15.1 Å². The summed E-state index contributed by atoms with van der Waals surface area (Å²) < 4.78 is 0.941. The molecule has 182 valence electrons. The Morgan fingerprint density at radius 2 is 1.71 bits per heavy atom. The van der Waals surface area contributed by atoms with E-state index in [1.165, 1.54) is 5.56 Å². The van der Waals surface area contributed by atoms with Gasteiger partial charge in [0.2, 0.25) is 0 Å². The molecule has 4 rings (SSSR count). The number of carbonyl (C=O) groups excluding carboxylic acids is 1. The summed E-state index contributed by atoms with van der Waals surface area (Å²) in [5, 5.41) is 15.0. The second-order valence-electron chi connectivity index (χ2n) is 8.81. The van der Waals surface area contributed by atoms with Crippen LogP contribution in [-0.4, -0.2) is 48.0 Å². The predicted octanol–water partition coefficient (Wildman–Crippen LogP) is 5.75. The van der Waals surface area contributed by atoms with E-state index >= 15 is 0 Å². The minimum Gasteiger partial charge on any atom is -0.377 e. The van der Waals surface area contributed by atoms with Crippen molar-refractivity contribution in [2.75, 3.05) is 36.4 Å². The van der Waals surface area contributed by atoms with Crippen LogP contribution >= 0.6 is 15.9 Å². The molecule has 1 fully saturated rings. The normalized spacial score (nSPS) is 14.5. The molecule has 0 aromatic heterocycles.